The molecule has 1 aromatic carbocycles. The molecule has 25 heavy (non-hydrogen) atoms. The van der Waals surface area contributed by atoms with E-state index in [0.29, 0.717) is 24.9 Å². The smallest absolute Gasteiger partial charge is 0.226 e. The normalized spacial score (nSPS) is 24.4. The predicted molar refractivity (Wildman–Crippen MR) is 101 cm³/mol. The molecule has 2 aliphatic carbocycles. The summed E-state index contributed by atoms with van der Waals surface area (Å²) in [4.78, 5) is 16.6. The maximum atomic E-state index is 13.4. The van der Waals surface area contributed by atoms with Crippen LogP contribution in [-0.4, -0.2) is 17.9 Å². The number of fused-ring (bicyclic) bond motifs is 2. The van der Waals surface area contributed by atoms with Crippen molar-refractivity contribution in [1.29, 1.82) is 0 Å². The summed E-state index contributed by atoms with van der Waals surface area (Å²) >= 11 is 1.72. The third-order valence-electron chi connectivity index (χ3n) is 5.85. The summed E-state index contributed by atoms with van der Waals surface area (Å²) in [5.74, 6) is 2.83. The molecule has 2 fully saturated rings. The minimum absolute atomic E-state index is 0.230. The van der Waals surface area contributed by atoms with E-state index in [1.165, 1.54) is 24.1 Å². The number of ether oxygens (including phenoxy) is 1. The van der Waals surface area contributed by atoms with Crippen LogP contribution in [0.25, 0.3) is 0 Å². The molecule has 1 amide bonds. The summed E-state index contributed by atoms with van der Waals surface area (Å²) in [7, 11) is 1.69. The minimum Gasteiger partial charge on any atom is -0.496 e. The Labute approximate surface area is 153 Å². The molecule has 0 aliphatic heterocycles. The summed E-state index contributed by atoms with van der Waals surface area (Å²) in [5, 5.41) is 2.08. The molecular weight excluding hydrogens is 330 g/mol. The van der Waals surface area contributed by atoms with Crippen LogP contribution < -0.4 is 4.74 Å². The van der Waals surface area contributed by atoms with Crippen molar-refractivity contribution in [3.63, 3.8) is 0 Å². The number of amides is 1. The van der Waals surface area contributed by atoms with E-state index in [0.717, 1.165) is 23.7 Å². The van der Waals surface area contributed by atoms with Crippen molar-refractivity contribution in [3.8, 4) is 5.75 Å². The van der Waals surface area contributed by atoms with E-state index in [2.05, 4.69) is 28.5 Å². The van der Waals surface area contributed by atoms with Gasteiger partial charge in [0.05, 0.1) is 13.7 Å². The van der Waals surface area contributed by atoms with Gasteiger partial charge in [-0.1, -0.05) is 30.7 Å². The van der Waals surface area contributed by atoms with E-state index in [1.54, 1.807) is 18.4 Å². The molecule has 3 unspecified atom stereocenters. The molecule has 2 aromatic rings. The first-order chi connectivity index (χ1) is 12.2. The molecule has 4 rings (SSSR count). The number of carbonyl (C=O) groups excluding carboxylic acids is 1. The molecule has 1 heterocycles. The van der Waals surface area contributed by atoms with Crippen molar-refractivity contribution in [2.24, 2.45) is 17.8 Å². The first kappa shape index (κ1) is 16.6. The lowest BCUT2D eigenvalue weighted by Gasteiger charge is -2.30. The molecule has 0 spiro atoms. The highest BCUT2D eigenvalue weighted by Gasteiger charge is 2.44. The fourth-order valence-electron chi connectivity index (χ4n) is 4.62. The number of hydrogen-bond donors (Lipinski definition) is 0. The zero-order valence-electron chi connectivity index (χ0n) is 14.7. The Morgan fingerprint density at radius 3 is 2.72 bits per heavy atom. The maximum absolute atomic E-state index is 13.4. The van der Waals surface area contributed by atoms with Gasteiger partial charge in [0, 0.05) is 22.9 Å². The van der Waals surface area contributed by atoms with Gasteiger partial charge >= 0.3 is 0 Å². The summed E-state index contributed by atoms with van der Waals surface area (Å²) in [5.41, 5.74) is 1.08. The second-order valence-corrected chi connectivity index (χ2v) is 8.40. The van der Waals surface area contributed by atoms with E-state index < -0.39 is 0 Å². The quantitative estimate of drug-likeness (QED) is 0.750. The standard InChI is InChI=1S/C21H25NO2S/c1-24-20-7-3-2-5-17(20)13-22(14-18-6-4-10-25-18)21(23)19-12-15-8-9-16(19)11-15/h2-7,10,15-16,19H,8-9,11-14H2,1H3. The van der Waals surface area contributed by atoms with Crippen molar-refractivity contribution in [2.45, 2.75) is 38.8 Å². The molecule has 1 aromatic heterocycles. The highest BCUT2D eigenvalue weighted by molar-refractivity contribution is 7.09. The van der Waals surface area contributed by atoms with Gasteiger partial charge in [-0.2, -0.15) is 0 Å². The first-order valence-electron chi connectivity index (χ1n) is 9.17. The van der Waals surface area contributed by atoms with Gasteiger partial charge in [0.2, 0.25) is 5.91 Å². The second kappa shape index (κ2) is 7.20. The van der Waals surface area contributed by atoms with Crippen molar-refractivity contribution < 1.29 is 9.53 Å². The molecule has 3 nitrogen and oxygen atoms in total. The summed E-state index contributed by atoms with van der Waals surface area (Å²) in [6.45, 7) is 1.32. The highest BCUT2D eigenvalue weighted by atomic mass is 32.1. The van der Waals surface area contributed by atoms with Crippen molar-refractivity contribution in [3.05, 3.63) is 52.2 Å². The summed E-state index contributed by atoms with van der Waals surface area (Å²) < 4.78 is 5.50. The van der Waals surface area contributed by atoms with Crippen LogP contribution >= 0.6 is 11.3 Å². The summed E-state index contributed by atoms with van der Waals surface area (Å²) in [6, 6.07) is 12.2. The third kappa shape index (κ3) is 3.45. The van der Waals surface area contributed by atoms with Gasteiger partial charge in [0.15, 0.2) is 0 Å². The Morgan fingerprint density at radius 2 is 2.04 bits per heavy atom. The summed E-state index contributed by atoms with van der Waals surface area (Å²) in [6.07, 6.45) is 4.92. The fourth-order valence-corrected chi connectivity index (χ4v) is 5.34. The van der Waals surface area contributed by atoms with Crippen LogP contribution in [0.4, 0.5) is 0 Å². The third-order valence-corrected chi connectivity index (χ3v) is 6.71. The van der Waals surface area contributed by atoms with Crippen molar-refractivity contribution >= 4 is 17.2 Å². The maximum Gasteiger partial charge on any atom is 0.226 e. The average molecular weight is 356 g/mol. The molecule has 4 heteroatoms. The molecule has 0 radical (unpaired) electrons. The van der Waals surface area contributed by atoms with Crippen molar-refractivity contribution in [1.82, 2.24) is 4.90 Å². The molecule has 132 valence electrons. The van der Waals surface area contributed by atoms with E-state index in [1.807, 2.05) is 18.2 Å². The lowest BCUT2D eigenvalue weighted by molar-refractivity contribution is -0.138. The van der Waals surface area contributed by atoms with Gasteiger partial charge in [-0.25, -0.2) is 0 Å². The lowest BCUT2D eigenvalue weighted by atomic mass is 9.87. The highest BCUT2D eigenvalue weighted by Crippen LogP contribution is 2.49. The predicted octanol–water partition coefficient (Wildman–Crippen LogP) is 4.72. The van der Waals surface area contributed by atoms with Gasteiger partial charge in [0.25, 0.3) is 0 Å². The Kier molecular flexibility index (Phi) is 4.80. The Morgan fingerprint density at radius 1 is 1.16 bits per heavy atom. The van der Waals surface area contributed by atoms with Gasteiger partial charge in [-0.05, 0) is 48.6 Å². The van der Waals surface area contributed by atoms with Crippen LogP contribution in [-0.2, 0) is 17.9 Å². The SMILES string of the molecule is COc1ccccc1CN(Cc1cccs1)C(=O)C1CC2CCC1C2. The molecule has 0 saturated heterocycles. The van der Waals surface area contributed by atoms with Gasteiger partial charge in [-0.15, -0.1) is 11.3 Å². The largest absolute Gasteiger partial charge is 0.496 e. The van der Waals surface area contributed by atoms with E-state index in [-0.39, 0.29) is 5.92 Å². The van der Waals surface area contributed by atoms with Gasteiger partial charge < -0.3 is 9.64 Å². The van der Waals surface area contributed by atoms with Crippen LogP contribution in [0.5, 0.6) is 5.75 Å². The number of hydrogen-bond acceptors (Lipinski definition) is 3. The Bertz CT molecular complexity index is 727. The first-order valence-corrected chi connectivity index (χ1v) is 10.1. The van der Waals surface area contributed by atoms with Crippen LogP contribution in [0.2, 0.25) is 0 Å². The number of carbonyl (C=O) groups is 1. The van der Waals surface area contributed by atoms with Crippen LogP contribution in [0, 0.1) is 17.8 Å². The molecule has 0 N–H and O–H groups in total. The molecule has 3 atom stereocenters. The number of rotatable bonds is 6. The van der Waals surface area contributed by atoms with Crippen LogP contribution in [0.3, 0.4) is 0 Å². The zero-order chi connectivity index (χ0) is 17.2. The number of benzene rings is 1. The molecule has 2 aliphatic rings. The van der Waals surface area contributed by atoms with E-state index >= 15 is 0 Å². The number of thiophene rings is 1. The van der Waals surface area contributed by atoms with E-state index in [4.69, 9.17) is 4.74 Å². The van der Waals surface area contributed by atoms with Crippen LogP contribution in [0.15, 0.2) is 41.8 Å². The lowest BCUT2D eigenvalue weighted by Crippen LogP contribution is -2.37. The number of para-hydroxylation sites is 1. The minimum atomic E-state index is 0.230. The van der Waals surface area contributed by atoms with Gasteiger partial charge in [0.1, 0.15) is 5.75 Å². The Hall–Kier alpha value is -1.81. The van der Waals surface area contributed by atoms with Crippen LogP contribution in [0.1, 0.15) is 36.1 Å². The monoisotopic (exact) mass is 355 g/mol. The molecule has 2 saturated carbocycles. The van der Waals surface area contributed by atoms with Gasteiger partial charge in [-0.3, -0.25) is 4.79 Å². The topological polar surface area (TPSA) is 29.5 Å². The molecule has 2 bridgehead atoms. The molecular formula is C21H25NO2S. The van der Waals surface area contributed by atoms with E-state index in [9.17, 15) is 4.79 Å². The average Bonchev–Trinajstić information content (AvgIpc) is 3.39. The van der Waals surface area contributed by atoms with Crippen molar-refractivity contribution in [2.75, 3.05) is 7.11 Å². The second-order valence-electron chi connectivity index (χ2n) is 7.37. The fraction of sp³-hybridized carbons (Fsp3) is 0.476. The number of methoxy groups -OCH3 is 1. The zero-order valence-corrected chi connectivity index (χ0v) is 15.5. The Balaban J connectivity index is 1.56. The number of nitrogens with zero attached hydrogens (tertiary/aromatic N) is 1.